The standard InChI is InChI=1S/C13H10N2O6/c16-12(8-6-11(13(17)18)21-15-8)14-7-1-2-9-10(5-7)20-4-3-19-9/h1-2,5-6H,3-4H2,(H,14,16)(H,17,18). The van der Waals surface area contributed by atoms with Crippen LogP contribution in [-0.2, 0) is 0 Å². The van der Waals surface area contributed by atoms with Crippen molar-refractivity contribution in [2.75, 3.05) is 18.5 Å². The van der Waals surface area contributed by atoms with Crippen LogP contribution in [0, 0.1) is 0 Å². The molecule has 1 aromatic carbocycles. The van der Waals surface area contributed by atoms with E-state index in [1.807, 2.05) is 0 Å². The molecule has 2 aromatic rings. The van der Waals surface area contributed by atoms with E-state index < -0.39 is 17.6 Å². The molecule has 1 aliphatic heterocycles. The number of carbonyl (C=O) groups is 2. The van der Waals surface area contributed by atoms with Crippen molar-refractivity contribution in [3.05, 3.63) is 35.7 Å². The van der Waals surface area contributed by atoms with E-state index in [1.165, 1.54) is 0 Å². The molecular weight excluding hydrogens is 280 g/mol. The highest BCUT2D eigenvalue weighted by molar-refractivity contribution is 6.03. The van der Waals surface area contributed by atoms with Crippen LogP contribution in [0.4, 0.5) is 5.69 Å². The molecule has 0 saturated carbocycles. The minimum Gasteiger partial charge on any atom is -0.486 e. The summed E-state index contributed by atoms with van der Waals surface area (Å²) in [7, 11) is 0. The summed E-state index contributed by atoms with van der Waals surface area (Å²) >= 11 is 0. The van der Waals surface area contributed by atoms with Gasteiger partial charge in [-0.1, -0.05) is 5.16 Å². The number of anilines is 1. The Morgan fingerprint density at radius 2 is 1.90 bits per heavy atom. The molecule has 0 spiro atoms. The van der Waals surface area contributed by atoms with Crippen LogP contribution >= 0.6 is 0 Å². The fraction of sp³-hybridized carbons (Fsp3) is 0.154. The normalized spacial score (nSPS) is 12.8. The zero-order chi connectivity index (χ0) is 14.8. The molecule has 2 heterocycles. The zero-order valence-electron chi connectivity index (χ0n) is 10.7. The maximum atomic E-state index is 11.9. The van der Waals surface area contributed by atoms with E-state index in [9.17, 15) is 9.59 Å². The van der Waals surface area contributed by atoms with E-state index in [0.29, 0.717) is 30.4 Å². The van der Waals surface area contributed by atoms with Crippen molar-refractivity contribution >= 4 is 17.6 Å². The molecule has 0 fully saturated rings. The number of nitrogens with zero attached hydrogens (tertiary/aromatic N) is 1. The van der Waals surface area contributed by atoms with Crippen molar-refractivity contribution in [2.45, 2.75) is 0 Å². The van der Waals surface area contributed by atoms with Gasteiger partial charge in [0.1, 0.15) is 13.2 Å². The van der Waals surface area contributed by atoms with Crippen molar-refractivity contribution in [3.63, 3.8) is 0 Å². The summed E-state index contributed by atoms with van der Waals surface area (Å²) in [5.41, 5.74) is 0.353. The van der Waals surface area contributed by atoms with Crippen molar-refractivity contribution in [3.8, 4) is 11.5 Å². The molecule has 108 valence electrons. The number of rotatable bonds is 3. The lowest BCUT2D eigenvalue weighted by Crippen LogP contribution is -2.16. The Kier molecular flexibility index (Phi) is 3.19. The van der Waals surface area contributed by atoms with Crippen LogP contribution in [0.3, 0.4) is 0 Å². The molecule has 0 unspecified atom stereocenters. The van der Waals surface area contributed by atoms with Gasteiger partial charge in [0.15, 0.2) is 17.2 Å². The van der Waals surface area contributed by atoms with Crippen LogP contribution in [0.5, 0.6) is 11.5 Å². The highest BCUT2D eigenvalue weighted by Crippen LogP contribution is 2.32. The van der Waals surface area contributed by atoms with Crippen LogP contribution in [0.1, 0.15) is 21.0 Å². The number of aromatic nitrogens is 1. The molecule has 0 bridgehead atoms. The molecule has 21 heavy (non-hydrogen) atoms. The number of hydrogen-bond donors (Lipinski definition) is 2. The number of benzene rings is 1. The fourth-order valence-electron chi connectivity index (χ4n) is 1.80. The molecule has 1 aromatic heterocycles. The van der Waals surface area contributed by atoms with Crippen molar-refractivity contribution in [2.24, 2.45) is 0 Å². The van der Waals surface area contributed by atoms with E-state index in [0.717, 1.165) is 6.07 Å². The van der Waals surface area contributed by atoms with Gasteiger partial charge in [-0.05, 0) is 12.1 Å². The SMILES string of the molecule is O=C(Nc1ccc2c(c1)OCCO2)c1cc(C(=O)O)on1. The summed E-state index contributed by atoms with van der Waals surface area (Å²) in [5, 5.41) is 14.7. The molecule has 0 atom stereocenters. The van der Waals surface area contributed by atoms with Crippen LogP contribution in [0.25, 0.3) is 0 Å². The minimum absolute atomic E-state index is 0.123. The van der Waals surface area contributed by atoms with Gasteiger partial charge in [0.2, 0.25) is 5.76 Å². The highest BCUT2D eigenvalue weighted by Gasteiger charge is 2.18. The number of amides is 1. The number of ether oxygens (including phenoxy) is 2. The largest absolute Gasteiger partial charge is 0.486 e. The van der Waals surface area contributed by atoms with Gasteiger partial charge < -0.3 is 24.4 Å². The van der Waals surface area contributed by atoms with E-state index in [2.05, 4.69) is 15.0 Å². The van der Waals surface area contributed by atoms with Crippen LogP contribution in [0.15, 0.2) is 28.8 Å². The Labute approximate surface area is 118 Å². The van der Waals surface area contributed by atoms with Gasteiger partial charge >= 0.3 is 5.97 Å². The summed E-state index contributed by atoms with van der Waals surface area (Å²) in [4.78, 5) is 22.6. The van der Waals surface area contributed by atoms with Crippen LogP contribution < -0.4 is 14.8 Å². The average molecular weight is 290 g/mol. The number of carboxylic acid groups (broad SMARTS) is 1. The first-order chi connectivity index (χ1) is 10.1. The van der Waals surface area contributed by atoms with Crippen molar-refractivity contribution in [1.29, 1.82) is 0 Å². The van der Waals surface area contributed by atoms with E-state index in [-0.39, 0.29) is 5.69 Å². The smallest absolute Gasteiger partial charge is 0.374 e. The summed E-state index contributed by atoms with van der Waals surface area (Å²) in [5.74, 6) is -1.13. The van der Waals surface area contributed by atoms with E-state index >= 15 is 0 Å². The Morgan fingerprint density at radius 1 is 1.14 bits per heavy atom. The monoisotopic (exact) mass is 290 g/mol. The quantitative estimate of drug-likeness (QED) is 0.878. The summed E-state index contributed by atoms with van der Waals surface area (Å²) in [6.07, 6.45) is 0. The lowest BCUT2D eigenvalue weighted by atomic mass is 10.2. The topological polar surface area (TPSA) is 111 Å². The van der Waals surface area contributed by atoms with Crippen LogP contribution in [0.2, 0.25) is 0 Å². The van der Waals surface area contributed by atoms with Crippen molar-refractivity contribution in [1.82, 2.24) is 5.16 Å². The minimum atomic E-state index is -1.29. The number of hydrogen-bond acceptors (Lipinski definition) is 6. The zero-order valence-corrected chi connectivity index (χ0v) is 10.7. The second-order valence-electron chi connectivity index (χ2n) is 4.19. The first-order valence-electron chi connectivity index (χ1n) is 6.04. The molecule has 8 nitrogen and oxygen atoms in total. The van der Waals surface area contributed by atoms with Gasteiger partial charge in [-0.3, -0.25) is 4.79 Å². The highest BCUT2D eigenvalue weighted by atomic mass is 16.6. The number of carboxylic acids is 1. The second kappa shape index (κ2) is 5.16. The van der Waals surface area contributed by atoms with Gasteiger partial charge in [0.05, 0.1) is 0 Å². The molecule has 2 N–H and O–H groups in total. The fourth-order valence-corrected chi connectivity index (χ4v) is 1.80. The Bertz CT molecular complexity index is 708. The third-order valence-corrected chi connectivity index (χ3v) is 2.75. The number of carbonyl (C=O) groups excluding carboxylic acids is 1. The number of aromatic carboxylic acids is 1. The first kappa shape index (κ1) is 13.0. The van der Waals surface area contributed by atoms with Crippen LogP contribution in [-0.4, -0.2) is 35.4 Å². The number of nitrogens with one attached hydrogen (secondary N) is 1. The summed E-state index contributed by atoms with van der Waals surface area (Å²) < 4.78 is 15.3. The lowest BCUT2D eigenvalue weighted by molar-refractivity contribution is 0.0651. The maximum absolute atomic E-state index is 11.9. The molecule has 1 amide bonds. The maximum Gasteiger partial charge on any atom is 0.374 e. The first-order valence-corrected chi connectivity index (χ1v) is 6.04. The second-order valence-corrected chi connectivity index (χ2v) is 4.19. The lowest BCUT2D eigenvalue weighted by Gasteiger charge is -2.18. The van der Waals surface area contributed by atoms with Gasteiger partial charge in [0, 0.05) is 17.8 Å². The molecule has 0 saturated heterocycles. The molecule has 0 radical (unpaired) electrons. The molecular formula is C13H10N2O6. The predicted octanol–water partition coefficient (Wildman–Crippen LogP) is 1.40. The van der Waals surface area contributed by atoms with Crippen molar-refractivity contribution < 1.29 is 28.7 Å². The number of fused-ring (bicyclic) bond motifs is 1. The molecule has 1 aliphatic rings. The third kappa shape index (κ3) is 2.64. The Balaban J connectivity index is 1.76. The summed E-state index contributed by atoms with van der Waals surface area (Å²) in [6.45, 7) is 0.922. The van der Waals surface area contributed by atoms with Gasteiger partial charge in [-0.2, -0.15) is 0 Å². The predicted molar refractivity (Wildman–Crippen MR) is 68.8 cm³/mol. The Morgan fingerprint density at radius 3 is 2.62 bits per heavy atom. The van der Waals surface area contributed by atoms with E-state index in [4.69, 9.17) is 14.6 Å². The summed E-state index contributed by atoms with van der Waals surface area (Å²) in [6, 6.07) is 5.99. The van der Waals surface area contributed by atoms with Gasteiger partial charge in [-0.15, -0.1) is 0 Å². The Hall–Kier alpha value is -3.03. The molecule has 3 rings (SSSR count). The molecule has 0 aliphatic carbocycles. The molecule has 8 heteroatoms. The van der Waals surface area contributed by atoms with Gasteiger partial charge in [0.25, 0.3) is 5.91 Å². The average Bonchev–Trinajstić information content (AvgIpc) is 2.97. The third-order valence-electron chi connectivity index (χ3n) is 2.75. The van der Waals surface area contributed by atoms with Gasteiger partial charge in [-0.25, -0.2) is 4.79 Å². The van der Waals surface area contributed by atoms with E-state index in [1.54, 1.807) is 18.2 Å².